The average molecular weight is 272 g/mol. The summed E-state index contributed by atoms with van der Waals surface area (Å²) in [4.78, 5) is 1.71. The molecule has 0 heterocycles. The van der Waals surface area contributed by atoms with Crippen molar-refractivity contribution in [3.63, 3.8) is 0 Å². The van der Waals surface area contributed by atoms with Gasteiger partial charge in [-0.2, -0.15) is 0 Å². The highest BCUT2D eigenvalue weighted by Crippen LogP contribution is 1.95. The van der Waals surface area contributed by atoms with Gasteiger partial charge in [0.25, 0.3) is 0 Å². The molecule has 0 aliphatic rings. The fourth-order valence-electron chi connectivity index (χ4n) is 1.89. The smallest absolute Gasteiger partial charge is 0.103 e. The number of benzene rings is 1. The molecule has 0 saturated heterocycles. The lowest BCUT2D eigenvalue weighted by Gasteiger charge is -2.17. The summed E-state index contributed by atoms with van der Waals surface area (Å²) in [5.41, 5.74) is 1.46. The Kier molecular flexibility index (Phi) is 8.73. The van der Waals surface area contributed by atoms with Crippen LogP contribution in [0.1, 0.15) is 32.3 Å². The van der Waals surface area contributed by atoms with Crippen LogP contribution in [0.3, 0.4) is 0 Å². The number of halogens is 1. The molecule has 0 spiro atoms. The Balaban J connectivity index is 0.00000196. The number of rotatable bonds is 6. The molecule has 1 rings (SSSR count). The van der Waals surface area contributed by atoms with Gasteiger partial charge in [-0.3, -0.25) is 0 Å². The summed E-state index contributed by atoms with van der Waals surface area (Å²) in [6.45, 7) is 8.30. The van der Waals surface area contributed by atoms with Gasteiger partial charge in [-0.05, 0) is 12.8 Å². The number of hydrogen-bond donors (Lipinski definition) is 1. The zero-order valence-corrected chi connectivity index (χ0v) is 11.4. The predicted octanol–water partition coefficient (Wildman–Crippen LogP) is -1.10. The Labute approximate surface area is 104 Å². The second-order valence-corrected chi connectivity index (χ2v) is 3.91. The van der Waals surface area contributed by atoms with Crippen molar-refractivity contribution in [2.24, 2.45) is 0 Å². The van der Waals surface area contributed by atoms with Crippen LogP contribution in [0.25, 0.3) is 0 Å². The van der Waals surface area contributed by atoms with Crippen molar-refractivity contribution >= 4 is 0 Å². The van der Waals surface area contributed by atoms with E-state index in [1.54, 1.807) is 4.90 Å². The van der Waals surface area contributed by atoms with Crippen molar-refractivity contribution in [1.29, 1.82) is 0 Å². The van der Waals surface area contributed by atoms with E-state index in [1.165, 1.54) is 38.0 Å². The van der Waals surface area contributed by atoms with E-state index in [0.717, 1.165) is 0 Å². The molecule has 1 aromatic rings. The highest BCUT2D eigenvalue weighted by atomic mass is 79.9. The first-order valence-electron chi connectivity index (χ1n) is 5.74. The molecular formula is C13H22BrN. The van der Waals surface area contributed by atoms with Gasteiger partial charge in [0.1, 0.15) is 6.54 Å². The fraction of sp³-hybridized carbons (Fsp3) is 0.538. The van der Waals surface area contributed by atoms with Gasteiger partial charge in [0.05, 0.1) is 13.1 Å². The third-order valence-electron chi connectivity index (χ3n) is 2.50. The minimum Gasteiger partial charge on any atom is -1.00 e. The van der Waals surface area contributed by atoms with E-state index < -0.39 is 0 Å². The predicted molar refractivity (Wildman–Crippen MR) is 61.4 cm³/mol. The molecule has 0 unspecified atom stereocenters. The zero-order valence-electron chi connectivity index (χ0n) is 9.80. The summed E-state index contributed by atoms with van der Waals surface area (Å²) in [6.07, 6.45) is 2.56. The second kappa shape index (κ2) is 8.93. The SMILES string of the molecule is CCC[NH+](CCC)Cc1ccccc1.[Br-]. The third kappa shape index (κ3) is 5.95. The molecule has 0 aromatic heterocycles. The summed E-state index contributed by atoms with van der Waals surface area (Å²) in [6, 6.07) is 10.8. The van der Waals surface area contributed by atoms with Crippen molar-refractivity contribution < 1.29 is 21.9 Å². The average Bonchev–Trinajstić information content (AvgIpc) is 2.20. The van der Waals surface area contributed by atoms with Crippen molar-refractivity contribution in [3.05, 3.63) is 35.9 Å². The summed E-state index contributed by atoms with van der Waals surface area (Å²) < 4.78 is 0. The van der Waals surface area contributed by atoms with Crippen molar-refractivity contribution in [2.75, 3.05) is 13.1 Å². The lowest BCUT2D eigenvalue weighted by atomic mass is 10.2. The fourth-order valence-corrected chi connectivity index (χ4v) is 1.89. The number of hydrogen-bond acceptors (Lipinski definition) is 0. The van der Waals surface area contributed by atoms with Gasteiger partial charge < -0.3 is 21.9 Å². The molecule has 0 saturated carbocycles. The Bertz CT molecular complexity index is 230. The first-order chi connectivity index (χ1) is 6.86. The molecule has 1 nitrogen and oxygen atoms in total. The van der Waals surface area contributed by atoms with E-state index in [0.29, 0.717) is 0 Å². The maximum absolute atomic E-state index is 2.26. The first kappa shape index (κ1) is 14.7. The van der Waals surface area contributed by atoms with Crippen LogP contribution in [-0.4, -0.2) is 13.1 Å². The minimum atomic E-state index is 0. The van der Waals surface area contributed by atoms with Crippen LogP contribution >= 0.6 is 0 Å². The summed E-state index contributed by atoms with van der Waals surface area (Å²) in [7, 11) is 0. The summed E-state index contributed by atoms with van der Waals surface area (Å²) in [5, 5.41) is 0. The third-order valence-corrected chi connectivity index (χ3v) is 2.50. The standard InChI is InChI=1S/C13H21N.BrH/c1-3-10-14(11-4-2)12-13-8-6-5-7-9-13;/h5-9H,3-4,10-12H2,1-2H3;1H. The Morgan fingerprint density at radius 2 is 1.47 bits per heavy atom. The topological polar surface area (TPSA) is 4.44 Å². The van der Waals surface area contributed by atoms with Gasteiger partial charge in [0.2, 0.25) is 0 Å². The van der Waals surface area contributed by atoms with Crippen LogP contribution in [-0.2, 0) is 6.54 Å². The van der Waals surface area contributed by atoms with E-state index in [9.17, 15) is 0 Å². The van der Waals surface area contributed by atoms with Gasteiger partial charge in [0.15, 0.2) is 0 Å². The Hall–Kier alpha value is -0.340. The van der Waals surface area contributed by atoms with Crippen LogP contribution < -0.4 is 21.9 Å². The molecule has 15 heavy (non-hydrogen) atoms. The summed E-state index contributed by atoms with van der Waals surface area (Å²) >= 11 is 0. The highest BCUT2D eigenvalue weighted by Gasteiger charge is 2.05. The molecule has 1 aromatic carbocycles. The molecule has 0 fully saturated rings. The molecule has 0 radical (unpaired) electrons. The van der Waals surface area contributed by atoms with Crippen LogP contribution in [0.4, 0.5) is 0 Å². The van der Waals surface area contributed by atoms with Crippen LogP contribution in [0.5, 0.6) is 0 Å². The molecule has 0 amide bonds. The highest BCUT2D eigenvalue weighted by molar-refractivity contribution is 5.13. The van der Waals surface area contributed by atoms with Gasteiger partial charge in [-0.25, -0.2) is 0 Å². The minimum absolute atomic E-state index is 0. The maximum Gasteiger partial charge on any atom is 0.103 e. The van der Waals surface area contributed by atoms with Crippen molar-refractivity contribution in [1.82, 2.24) is 0 Å². The summed E-state index contributed by atoms with van der Waals surface area (Å²) in [5.74, 6) is 0. The lowest BCUT2D eigenvalue weighted by Crippen LogP contribution is -3.10. The molecule has 0 atom stereocenters. The van der Waals surface area contributed by atoms with E-state index in [4.69, 9.17) is 0 Å². The van der Waals surface area contributed by atoms with Crippen LogP contribution in [0.2, 0.25) is 0 Å². The first-order valence-corrected chi connectivity index (χ1v) is 5.74. The van der Waals surface area contributed by atoms with E-state index in [2.05, 4.69) is 44.2 Å². The van der Waals surface area contributed by atoms with Gasteiger partial charge in [0, 0.05) is 5.56 Å². The molecule has 0 bridgehead atoms. The van der Waals surface area contributed by atoms with Crippen LogP contribution in [0.15, 0.2) is 30.3 Å². The lowest BCUT2D eigenvalue weighted by molar-refractivity contribution is -0.914. The molecular weight excluding hydrogens is 250 g/mol. The zero-order chi connectivity index (χ0) is 10.2. The monoisotopic (exact) mass is 271 g/mol. The number of nitrogens with one attached hydrogen (secondary N) is 1. The van der Waals surface area contributed by atoms with Crippen molar-refractivity contribution in [2.45, 2.75) is 33.2 Å². The molecule has 86 valence electrons. The quantitative estimate of drug-likeness (QED) is 0.670. The van der Waals surface area contributed by atoms with Gasteiger partial charge in [-0.15, -0.1) is 0 Å². The normalized spacial score (nSPS) is 10.1. The maximum atomic E-state index is 2.26. The van der Waals surface area contributed by atoms with Crippen molar-refractivity contribution in [3.8, 4) is 0 Å². The van der Waals surface area contributed by atoms with E-state index in [1.807, 2.05) is 0 Å². The molecule has 0 aliphatic heterocycles. The van der Waals surface area contributed by atoms with E-state index >= 15 is 0 Å². The Morgan fingerprint density at radius 3 is 1.93 bits per heavy atom. The molecule has 1 N–H and O–H groups in total. The van der Waals surface area contributed by atoms with Gasteiger partial charge >= 0.3 is 0 Å². The van der Waals surface area contributed by atoms with Gasteiger partial charge in [-0.1, -0.05) is 44.2 Å². The van der Waals surface area contributed by atoms with Crippen LogP contribution in [0, 0.1) is 0 Å². The van der Waals surface area contributed by atoms with E-state index in [-0.39, 0.29) is 17.0 Å². The number of quaternary nitrogens is 1. The Morgan fingerprint density at radius 1 is 0.933 bits per heavy atom. The largest absolute Gasteiger partial charge is 1.00 e. The molecule has 2 heteroatoms. The molecule has 0 aliphatic carbocycles. The second-order valence-electron chi connectivity index (χ2n) is 3.91.